The summed E-state index contributed by atoms with van der Waals surface area (Å²) in [6.45, 7) is 3.18. The van der Waals surface area contributed by atoms with Gasteiger partial charge in [-0.1, -0.05) is 19.1 Å². The first-order valence-corrected chi connectivity index (χ1v) is 7.89. The summed E-state index contributed by atoms with van der Waals surface area (Å²) < 4.78 is 5.16. The largest absolute Gasteiger partial charge is 0.497 e. The maximum atomic E-state index is 12.1. The molecule has 2 N–H and O–H groups in total. The summed E-state index contributed by atoms with van der Waals surface area (Å²) in [5.74, 6) is 0.985. The van der Waals surface area contributed by atoms with Crippen molar-refractivity contribution in [1.82, 2.24) is 10.6 Å². The summed E-state index contributed by atoms with van der Waals surface area (Å²) >= 11 is 0. The van der Waals surface area contributed by atoms with Crippen LogP contribution >= 0.6 is 0 Å². The van der Waals surface area contributed by atoms with Gasteiger partial charge in [0.1, 0.15) is 5.75 Å². The topological polar surface area (TPSA) is 50.4 Å². The lowest BCUT2D eigenvalue weighted by molar-refractivity contribution is -0.122. The van der Waals surface area contributed by atoms with Gasteiger partial charge in [0.25, 0.3) is 0 Å². The van der Waals surface area contributed by atoms with Gasteiger partial charge in [-0.15, -0.1) is 0 Å². The number of hydrogen-bond acceptors (Lipinski definition) is 3. The number of amides is 1. The van der Waals surface area contributed by atoms with Crippen molar-refractivity contribution in [2.24, 2.45) is 0 Å². The number of rotatable bonds is 7. The zero-order valence-corrected chi connectivity index (χ0v) is 13.0. The van der Waals surface area contributed by atoms with E-state index in [4.69, 9.17) is 4.74 Å². The predicted octanol–water partition coefficient (Wildman–Crippen LogP) is 2.79. The van der Waals surface area contributed by atoms with Crippen LogP contribution in [0.25, 0.3) is 0 Å². The van der Waals surface area contributed by atoms with E-state index in [1.165, 1.54) is 12.8 Å². The third-order valence-electron chi connectivity index (χ3n) is 4.14. The van der Waals surface area contributed by atoms with Gasteiger partial charge in [0.05, 0.1) is 13.2 Å². The number of benzene rings is 1. The van der Waals surface area contributed by atoms with E-state index in [-0.39, 0.29) is 11.9 Å². The van der Waals surface area contributed by atoms with Gasteiger partial charge in [0.2, 0.25) is 5.91 Å². The van der Waals surface area contributed by atoms with Gasteiger partial charge in [-0.25, -0.2) is 0 Å². The summed E-state index contributed by atoms with van der Waals surface area (Å²) in [7, 11) is 1.66. The second-order valence-electron chi connectivity index (χ2n) is 5.63. The van der Waals surface area contributed by atoms with Crippen LogP contribution in [-0.4, -0.2) is 25.6 Å². The van der Waals surface area contributed by atoms with Crippen LogP contribution in [0.5, 0.6) is 5.75 Å². The van der Waals surface area contributed by atoms with E-state index in [0.29, 0.717) is 12.5 Å². The number of methoxy groups -OCH3 is 1. The van der Waals surface area contributed by atoms with Gasteiger partial charge < -0.3 is 15.4 Å². The van der Waals surface area contributed by atoms with Crippen molar-refractivity contribution in [2.75, 3.05) is 13.7 Å². The van der Waals surface area contributed by atoms with Gasteiger partial charge in [-0.05, 0) is 49.9 Å². The molecule has 0 spiro atoms. The number of ether oxygens (including phenoxy) is 1. The fraction of sp³-hybridized carbons (Fsp3) is 0.588. The number of nitrogens with one attached hydrogen (secondary N) is 2. The van der Waals surface area contributed by atoms with E-state index in [0.717, 1.165) is 30.7 Å². The molecule has 4 nitrogen and oxygen atoms in total. The highest BCUT2D eigenvalue weighted by Crippen LogP contribution is 2.20. The normalized spacial score (nSPS) is 19.2. The minimum Gasteiger partial charge on any atom is -0.497 e. The Morgan fingerprint density at radius 3 is 2.76 bits per heavy atom. The molecule has 0 aliphatic carbocycles. The lowest BCUT2D eigenvalue weighted by Gasteiger charge is -2.18. The zero-order valence-electron chi connectivity index (χ0n) is 13.0. The molecule has 0 saturated carbocycles. The fourth-order valence-electron chi connectivity index (χ4n) is 2.83. The Balaban J connectivity index is 1.83. The molecule has 4 heteroatoms. The molecule has 1 aliphatic rings. The Bertz CT molecular complexity index is 439. The van der Waals surface area contributed by atoms with Crippen LogP contribution in [-0.2, 0) is 4.79 Å². The number of carbonyl (C=O) groups excluding carboxylic acids is 1. The highest BCUT2D eigenvalue weighted by atomic mass is 16.5. The summed E-state index contributed by atoms with van der Waals surface area (Å²) in [5, 5.41) is 6.57. The minimum atomic E-state index is 0.0833. The van der Waals surface area contributed by atoms with Gasteiger partial charge in [-0.3, -0.25) is 4.79 Å². The zero-order chi connectivity index (χ0) is 15.1. The number of carbonyl (C=O) groups is 1. The minimum absolute atomic E-state index is 0.0833. The van der Waals surface area contributed by atoms with Crippen LogP contribution in [0.2, 0.25) is 0 Å². The van der Waals surface area contributed by atoms with E-state index in [9.17, 15) is 4.79 Å². The molecule has 116 valence electrons. The first kappa shape index (κ1) is 15.8. The molecule has 2 rings (SSSR count). The standard InChI is InChI=1S/C17H26N2O2/c1-3-16(13-6-9-15(21-2)10-7-13)19-17(20)11-8-14-5-4-12-18-14/h6-7,9-10,14,16,18H,3-5,8,11-12H2,1-2H3,(H,19,20). The molecule has 0 bridgehead atoms. The molecule has 21 heavy (non-hydrogen) atoms. The van der Waals surface area contributed by atoms with Gasteiger partial charge >= 0.3 is 0 Å². The summed E-state index contributed by atoms with van der Waals surface area (Å²) in [6, 6.07) is 8.52. The third kappa shape index (κ3) is 4.74. The predicted molar refractivity (Wildman–Crippen MR) is 84.4 cm³/mol. The van der Waals surface area contributed by atoms with Crippen molar-refractivity contribution in [1.29, 1.82) is 0 Å². The Hall–Kier alpha value is -1.55. The van der Waals surface area contributed by atoms with Crippen LogP contribution in [0.15, 0.2) is 24.3 Å². The second-order valence-corrected chi connectivity index (χ2v) is 5.63. The maximum Gasteiger partial charge on any atom is 0.220 e. The molecule has 1 fully saturated rings. The molecule has 1 amide bonds. The Labute approximate surface area is 127 Å². The maximum absolute atomic E-state index is 12.1. The molecular formula is C17H26N2O2. The molecule has 0 aromatic heterocycles. The molecule has 1 aliphatic heterocycles. The molecular weight excluding hydrogens is 264 g/mol. The van der Waals surface area contributed by atoms with E-state index in [1.54, 1.807) is 7.11 Å². The highest BCUT2D eigenvalue weighted by Gasteiger charge is 2.17. The van der Waals surface area contributed by atoms with Gasteiger partial charge in [0, 0.05) is 12.5 Å². The van der Waals surface area contributed by atoms with Crippen molar-refractivity contribution in [3.8, 4) is 5.75 Å². The summed E-state index contributed by atoms with van der Waals surface area (Å²) in [6.07, 6.45) is 4.85. The van der Waals surface area contributed by atoms with Gasteiger partial charge in [-0.2, -0.15) is 0 Å². The third-order valence-corrected chi connectivity index (χ3v) is 4.14. The van der Waals surface area contributed by atoms with Gasteiger partial charge in [0.15, 0.2) is 0 Å². The van der Waals surface area contributed by atoms with Crippen molar-refractivity contribution in [3.05, 3.63) is 29.8 Å². The Kier molecular flexibility index (Phi) is 6.05. The lowest BCUT2D eigenvalue weighted by Crippen LogP contribution is -2.30. The van der Waals surface area contributed by atoms with E-state index in [2.05, 4.69) is 17.6 Å². The van der Waals surface area contributed by atoms with E-state index in [1.807, 2.05) is 24.3 Å². The SMILES string of the molecule is CCC(NC(=O)CCC1CCCN1)c1ccc(OC)cc1. The Morgan fingerprint density at radius 2 is 2.19 bits per heavy atom. The van der Waals surface area contributed by atoms with Crippen molar-refractivity contribution >= 4 is 5.91 Å². The molecule has 1 aromatic rings. The molecule has 1 aromatic carbocycles. The summed E-state index contributed by atoms with van der Waals surface area (Å²) in [5.41, 5.74) is 1.13. The molecule has 1 saturated heterocycles. The molecule has 2 atom stereocenters. The first-order valence-electron chi connectivity index (χ1n) is 7.89. The quantitative estimate of drug-likeness (QED) is 0.812. The van der Waals surface area contributed by atoms with Crippen LogP contribution in [0, 0.1) is 0 Å². The summed E-state index contributed by atoms with van der Waals surface area (Å²) in [4.78, 5) is 12.1. The second kappa shape index (κ2) is 8.03. The first-order chi connectivity index (χ1) is 10.2. The molecule has 1 heterocycles. The van der Waals surface area contributed by atoms with Crippen molar-refractivity contribution in [3.63, 3.8) is 0 Å². The van der Waals surface area contributed by atoms with Crippen LogP contribution in [0.4, 0.5) is 0 Å². The average molecular weight is 290 g/mol. The number of hydrogen-bond donors (Lipinski definition) is 2. The van der Waals surface area contributed by atoms with Crippen molar-refractivity contribution < 1.29 is 9.53 Å². The van der Waals surface area contributed by atoms with Crippen molar-refractivity contribution in [2.45, 2.75) is 51.1 Å². The monoisotopic (exact) mass is 290 g/mol. The fourth-order valence-corrected chi connectivity index (χ4v) is 2.83. The van der Waals surface area contributed by atoms with Crippen LogP contribution in [0.3, 0.4) is 0 Å². The van der Waals surface area contributed by atoms with Crippen LogP contribution < -0.4 is 15.4 Å². The smallest absolute Gasteiger partial charge is 0.220 e. The average Bonchev–Trinajstić information content (AvgIpc) is 3.04. The van der Waals surface area contributed by atoms with E-state index >= 15 is 0 Å². The highest BCUT2D eigenvalue weighted by molar-refractivity contribution is 5.76. The van der Waals surface area contributed by atoms with Crippen LogP contribution in [0.1, 0.15) is 50.6 Å². The lowest BCUT2D eigenvalue weighted by atomic mass is 10.0. The molecule has 0 radical (unpaired) electrons. The Morgan fingerprint density at radius 1 is 1.43 bits per heavy atom. The molecule has 2 unspecified atom stereocenters. The van der Waals surface area contributed by atoms with E-state index < -0.39 is 0 Å².